The molecule has 0 aliphatic carbocycles. The average Bonchev–Trinajstić information content (AvgIpc) is 3.25. The third-order valence-corrected chi connectivity index (χ3v) is 5.49. The van der Waals surface area contributed by atoms with Gasteiger partial charge in [0.25, 0.3) is 0 Å². The van der Waals surface area contributed by atoms with Gasteiger partial charge in [0.15, 0.2) is 0 Å². The van der Waals surface area contributed by atoms with Crippen LogP contribution < -0.4 is 10.2 Å². The number of nitrogens with one attached hydrogen (secondary N) is 1. The molecule has 3 heterocycles. The number of nitrogens with zero attached hydrogens (tertiary/aromatic N) is 6. The fourth-order valence-electron chi connectivity index (χ4n) is 3.07. The number of rotatable bonds is 5. The Morgan fingerprint density at radius 3 is 2.88 bits per heavy atom. The zero-order valence-corrected chi connectivity index (χ0v) is 16.0. The van der Waals surface area contributed by atoms with Crippen molar-refractivity contribution >= 4 is 34.2 Å². The lowest BCUT2D eigenvalue weighted by atomic mass is 10.1. The van der Waals surface area contributed by atoms with Crippen molar-refractivity contribution in [2.24, 2.45) is 0 Å². The highest BCUT2D eigenvalue weighted by molar-refractivity contribution is 7.09. The number of anilines is 2. The smallest absolute Gasteiger partial charge is 0.242 e. The highest BCUT2D eigenvalue weighted by atomic mass is 35.5. The summed E-state index contributed by atoms with van der Waals surface area (Å²) in [4.78, 5) is 11.2. The summed E-state index contributed by atoms with van der Waals surface area (Å²) in [6, 6.07) is 8.17. The van der Waals surface area contributed by atoms with Gasteiger partial charge < -0.3 is 10.2 Å². The SMILES string of the molecule is Cc1nsc(N2CCC(Nc3ncn(Cc4cccc(Cl)c4)n3)CC2)n1. The molecule has 0 saturated carbocycles. The van der Waals surface area contributed by atoms with Crippen LogP contribution in [0.2, 0.25) is 5.02 Å². The van der Waals surface area contributed by atoms with Crippen molar-refractivity contribution in [1.82, 2.24) is 24.1 Å². The van der Waals surface area contributed by atoms with Gasteiger partial charge in [-0.2, -0.15) is 4.37 Å². The van der Waals surface area contributed by atoms with E-state index in [1.165, 1.54) is 11.5 Å². The fourth-order valence-corrected chi connectivity index (χ4v) is 4.01. The van der Waals surface area contributed by atoms with Gasteiger partial charge in [0.2, 0.25) is 11.1 Å². The molecule has 7 nitrogen and oxygen atoms in total. The molecule has 0 bridgehead atoms. The van der Waals surface area contributed by atoms with E-state index in [1.807, 2.05) is 35.9 Å². The Hall–Kier alpha value is -2.19. The number of aryl methyl sites for hydroxylation is 1. The first kappa shape index (κ1) is 17.2. The van der Waals surface area contributed by atoms with E-state index in [0.29, 0.717) is 18.5 Å². The zero-order chi connectivity index (χ0) is 17.9. The Balaban J connectivity index is 1.31. The van der Waals surface area contributed by atoms with Gasteiger partial charge >= 0.3 is 0 Å². The first-order chi connectivity index (χ1) is 12.7. The quantitative estimate of drug-likeness (QED) is 0.722. The second-order valence-electron chi connectivity index (χ2n) is 6.43. The molecule has 1 fully saturated rings. The summed E-state index contributed by atoms with van der Waals surface area (Å²) in [6.07, 6.45) is 3.81. The van der Waals surface area contributed by atoms with Gasteiger partial charge in [-0.3, -0.25) is 0 Å². The molecule has 0 atom stereocenters. The van der Waals surface area contributed by atoms with E-state index in [-0.39, 0.29) is 0 Å². The molecule has 9 heteroatoms. The van der Waals surface area contributed by atoms with Crippen LogP contribution in [0.5, 0.6) is 0 Å². The predicted molar refractivity (Wildman–Crippen MR) is 104 cm³/mol. The molecular formula is C17H20ClN7S. The summed E-state index contributed by atoms with van der Waals surface area (Å²) in [5.41, 5.74) is 1.11. The van der Waals surface area contributed by atoms with Crippen LogP contribution in [0.25, 0.3) is 0 Å². The van der Waals surface area contributed by atoms with Crippen LogP contribution in [0, 0.1) is 6.92 Å². The van der Waals surface area contributed by atoms with Crippen LogP contribution in [0.15, 0.2) is 30.6 Å². The van der Waals surface area contributed by atoms with Gasteiger partial charge in [0, 0.05) is 35.7 Å². The molecule has 2 aromatic heterocycles. The van der Waals surface area contributed by atoms with Crippen molar-refractivity contribution in [3.63, 3.8) is 0 Å². The standard InChI is InChI=1S/C17H20ClN7S/c1-12-20-17(26-23-12)24-7-5-15(6-8-24)21-16-19-11-25(22-16)10-13-3-2-4-14(18)9-13/h2-4,9,11,15H,5-8,10H2,1H3,(H,21,22). The van der Waals surface area contributed by atoms with Gasteiger partial charge in [-0.05, 0) is 37.5 Å². The fraction of sp³-hybridized carbons (Fsp3) is 0.412. The van der Waals surface area contributed by atoms with Crippen LogP contribution in [0.3, 0.4) is 0 Å². The Bertz CT molecular complexity index is 869. The van der Waals surface area contributed by atoms with E-state index >= 15 is 0 Å². The molecule has 1 N–H and O–H groups in total. The normalized spacial score (nSPS) is 15.4. The number of hydrogen-bond acceptors (Lipinski definition) is 7. The molecule has 1 saturated heterocycles. The van der Waals surface area contributed by atoms with Crippen molar-refractivity contribution in [2.75, 3.05) is 23.3 Å². The lowest BCUT2D eigenvalue weighted by Gasteiger charge is -2.31. The maximum absolute atomic E-state index is 6.03. The molecule has 0 spiro atoms. The average molecular weight is 390 g/mol. The predicted octanol–water partition coefficient (Wildman–Crippen LogP) is 3.22. The molecule has 1 aliphatic rings. The minimum atomic E-state index is 0.377. The van der Waals surface area contributed by atoms with Crippen molar-refractivity contribution < 1.29 is 0 Å². The summed E-state index contributed by atoms with van der Waals surface area (Å²) in [6.45, 7) is 4.52. The zero-order valence-electron chi connectivity index (χ0n) is 14.5. The monoisotopic (exact) mass is 389 g/mol. The molecule has 26 heavy (non-hydrogen) atoms. The molecule has 3 aromatic rings. The molecule has 1 aliphatic heterocycles. The summed E-state index contributed by atoms with van der Waals surface area (Å²) in [7, 11) is 0. The minimum Gasteiger partial charge on any atom is -0.350 e. The van der Waals surface area contributed by atoms with Gasteiger partial charge in [0.1, 0.15) is 12.2 Å². The third-order valence-electron chi connectivity index (χ3n) is 4.39. The van der Waals surface area contributed by atoms with Gasteiger partial charge in [-0.25, -0.2) is 14.6 Å². The molecule has 136 valence electrons. The van der Waals surface area contributed by atoms with E-state index < -0.39 is 0 Å². The summed E-state index contributed by atoms with van der Waals surface area (Å²) in [5.74, 6) is 1.52. The summed E-state index contributed by atoms with van der Waals surface area (Å²) < 4.78 is 6.09. The van der Waals surface area contributed by atoms with E-state index in [0.717, 1.165) is 47.5 Å². The molecule has 0 unspecified atom stereocenters. The second-order valence-corrected chi connectivity index (χ2v) is 7.59. The van der Waals surface area contributed by atoms with Crippen LogP contribution in [0.4, 0.5) is 11.1 Å². The Morgan fingerprint density at radius 2 is 2.15 bits per heavy atom. The molecule has 0 amide bonds. The number of halogens is 1. The van der Waals surface area contributed by atoms with Crippen LogP contribution >= 0.6 is 23.1 Å². The maximum Gasteiger partial charge on any atom is 0.242 e. The lowest BCUT2D eigenvalue weighted by molar-refractivity contribution is 0.522. The van der Waals surface area contributed by atoms with Gasteiger partial charge in [0.05, 0.1) is 6.54 Å². The first-order valence-electron chi connectivity index (χ1n) is 8.61. The van der Waals surface area contributed by atoms with Crippen LogP contribution in [-0.4, -0.2) is 43.3 Å². The number of aromatic nitrogens is 5. The van der Waals surface area contributed by atoms with Gasteiger partial charge in [-0.1, -0.05) is 23.7 Å². The number of hydrogen-bond donors (Lipinski definition) is 1. The molecule has 0 radical (unpaired) electrons. The van der Waals surface area contributed by atoms with Crippen molar-refractivity contribution in [3.05, 3.63) is 47.0 Å². The molecule has 1 aromatic carbocycles. The number of benzene rings is 1. The topological polar surface area (TPSA) is 71.8 Å². The Morgan fingerprint density at radius 1 is 1.31 bits per heavy atom. The Kier molecular flexibility index (Phi) is 5.03. The van der Waals surface area contributed by atoms with Crippen molar-refractivity contribution in [2.45, 2.75) is 32.4 Å². The molecule has 4 rings (SSSR count). The Labute approximate surface area is 161 Å². The largest absolute Gasteiger partial charge is 0.350 e. The van der Waals surface area contributed by atoms with Gasteiger partial charge in [-0.15, -0.1) is 5.10 Å². The highest BCUT2D eigenvalue weighted by Crippen LogP contribution is 2.22. The summed E-state index contributed by atoms with van der Waals surface area (Å²) in [5, 5.41) is 9.73. The van der Waals surface area contributed by atoms with E-state index in [2.05, 4.69) is 29.7 Å². The van der Waals surface area contributed by atoms with E-state index in [1.54, 1.807) is 6.33 Å². The third kappa shape index (κ3) is 4.13. The molecular weight excluding hydrogens is 370 g/mol. The minimum absolute atomic E-state index is 0.377. The van der Waals surface area contributed by atoms with E-state index in [9.17, 15) is 0 Å². The van der Waals surface area contributed by atoms with Crippen molar-refractivity contribution in [3.8, 4) is 0 Å². The van der Waals surface area contributed by atoms with Crippen LogP contribution in [0.1, 0.15) is 24.2 Å². The van der Waals surface area contributed by atoms with Crippen molar-refractivity contribution in [1.29, 1.82) is 0 Å². The van der Waals surface area contributed by atoms with Crippen LogP contribution in [-0.2, 0) is 6.54 Å². The lowest BCUT2D eigenvalue weighted by Crippen LogP contribution is -2.39. The maximum atomic E-state index is 6.03. The number of piperidine rings is 1. The second kappa shape index (κ2) is 7.59. The summed E-state index contributed by atoms with van der Waals surface area (Å²) >= 11 is 7.51. The first-order valence-corrected chi connectivity index (χ1v) is 9.76. The highest BCUT2D eigenvalue weighted by Gasteiger charge is 2.22. The van der Waals surface area contributed by atoms with E-state index in [4.69, 9.17) is 11.6 Å².